The van der Waals surface area contributed by atoms with E-state index in [-0.39, 0.29) is 0 Å². The predicted octanol–water partition coefficient (Wildman–Crippen LogP) is 5.16. The third-order valence-corrected chi connectivity index (χ3v) is 3.96. The molecule has 1 aliphatic carbocycles. The Morgan fingerprint density at radius 1 is 1.16 bits per heavy atom. The van der Waals surface area contributed by atoms with Crippen LogP contribution in [0.25, 0.3) is 11.1 Å². The fourth-order valence-corrected chi connectivity index (χ4v) is 3.04. The van der Waals surface area contributed by atoms with Gasteiger partial charge in [0.1, 0.15) is 5.76 Å². The van der Waals surface area contributed by atoms with Crippen LogP contribution in [0.3, 0.4) is 0 Å². The lowest BCUT2D eigenvalue weighted by Gasteiger charge is -2.09. The van der Waals surface area contributed by atoms with Gasteiger partial charge in [0, 0.05) is 22.2 Å². The normalized spacial score (nSPS) is 14.9. The second kappa shape index (κ2) is 5.37. The fraction of sp³-hybridized carbons (Fsp3) is 0.286. The first-order chi connectivity index (χ1) is 9.15. The Bertz CT molecular complexity index is 581. The van der Waals surface area contributed by atoms with Crippen LogP contribution in [-0.4, -0.2) is 6.04 Å². The van der Waals surface area contributed by atoms with Crippen molar-refractivity contribution in [1.29, 1.82) is 0 Å². The maximum absolute atomic E-state index is 6.24. The smallest absolute Gasteiger partial charge is 0.125 e. The first kappa shape index (κ1) is 13.3. The number of benzene rings is 1. The molecule has 5 heteroatoms. The van der Waals surface area contributed by atoms with E-state index in [9.17, 15) is 0 Å². The molecule has 0 radical (unpaired) electrons. The highest BCUT2D eigenvalue weighted by molar-refractivity contribution is 6.41. The van der Waals surface area contributed by atoms with Crippen LogP contribution in [0.2, 0.25) is 15.1 Å². The Hall–Kier alpha value is -0.670. The van der Waals surface area contributed by atoms with Crippen LogP contribution in [0.1, 0.15) is 18.6 Å². The summed E-state index contributed by atoms with van der Waals surface area (Å²) in [5.74, 6) is 0.845. The van der Waals surface area contributed by atoms with E-state index in [0.717, 1.165) is 16.9 Å². The summed E-state index contributed by atoms with van der Waals surface area (Å²) in [6.45, 7) is 0.683. The van der Waals surface area contributed by atoms with Crippen LogP contribution < -0.4 is 5.32 Å². The van der Waals surface area contributed by atoms with Crippen molar-refractivity contribution in [3.05, 3.63) is 45.3 Å². The third kappa shape index (κ3) is 2.92. The SMILES string of the molecule is Clc1cc(Cl)c(-c2ccoc2CNC2CC2)c(Cl)c1. The van der Waals surface area contributed by atoms with Crippen molar-refractivity contribution in [2.75, 3.05) is 0 Å². The molecule has 100 valence electrons. The molecule has 0 bridgehead atoms. The summed E-state index contributed by atoms with van der Waals surface area (Å²) in [6.07, 6.45) is 4.12. The van der Waals surface area contributed by atoms with E-state index in [1.54, 1.807) is 18.4 Å². The molecule has 1 fully saturated rings. The topological polar surface area (TPSA) is 25.2 Å². The van der Waals surface area contributed by atoms with Crippen LogP contribution in [0.4, 0.5) is 0 Å². The lowest BCUT2D eigenvalue weighted by molar-refractivity contribution is 0.483. The highest BCUT2D eigenvalue weighted by atomic mass is 35.5. The number of rotatable bonds is 4. The minimum Gasteiger partial charge on any atom is -0.467 e. The van der Waals surface area contributed by atoms with Gasteiger partial charge in [0.25, 0.3) is 0 Å². The van der Waals surface area contributed by atoms with Crippen molar-refractivity contribution in [1.82, 2.24) is 5.32 Å². The summed E-state index contributed by atoms with van der Waals surface area (Å²) >= 11 is 18.4. The summed E-state index contributed by atoms with van der Waals surface area (Å²) in [5, 5.41) is 5.01. The summed E-state index contributed by atoms with van der Waals surface area (Å²) < 4.78 is 5.52. The van der Waals surface area contributed by atoms with Gasteiger partial charge in [0.15, 0.2) is 0 Å². The molecule has 0 saturated heterocycles. The number of hydrogen-bond donors (Lipinski definition) is 1. The highest BCUT2D eigenvalue weighted by Gasteiger charge is 2.22. The largest absolute Gasteiger partial charge is 0.467 e. The van der Waals surface area contributed by atoms with Crippen LogP contribution in [-0.2, 0) is 6.54 Å². The first-order valence-electron chi connectivity index (χ1n) is 6.10. The molecule has 19 heavy (non-hydrogen) atoms. The second-order valence-corrected chi connectivity index (χ2v) is 5.91. The average molecular weight is 317 g/mol. The number of hydrogen-bond acceptors (Lipinski definition) is 2. The van der Waals surface area contributed by atoms with Crippen molar-refractivity contribution in [2.45, 2.75) is 25.4 Å². The summed E-state index contributed by atoms with van der Waals surface area (Å²) in [4.78, 5) is 0. The van der Waals surface area contributed by atoms with Gasteiger partial charge >= 0.3 is 0 Å². The Balaban J connectivity index is 1.95. The van der Waals surface area contributed by atoms with E-state index in [0.29, 0.717) is 27.7 Å². The highest BCUT2D eigenvalue weighted by Crippen LogP contribution is 2.39. The molecule has 0 amide bonds. The molecule has 1 aliphatic rings. The molecule has 0 unspecified atom stereocenters. The van der Waals surface area contributed by atoms with Crippen molar-refractivity contribution < 1.29 is 4.42 Å². The van der Waals surface area contributed by atoms with Gasteiger partial charge in [-0.05, 0) is 31.0 Å². The Labute approximate surface area is 126 Å². The van der Waals surface area contributed by atoms with Crippen molar-refractivity contribution in [3.63, 3.8) is 0 Å². The van der Waals surface area contributed by atoms with Crippen LogP contribution in [0.5, 0.6) is 0 Å². The van der Waals surface area contributed by atoms with E-state index in [1.165, 1.54) is 12.8 Å². The first-order valence-corrected chi connectivity index (χ1v) is 7.23. The second-order valence-electron chi connectivity index (χ2n) is 4.66. The quantitative estimate of drug-likeness (QED) is 0.843. The summed E-state index contributed by atoms with van der Waals surface area (Å²) in [7, 11) is 0. The molecule has 1 aromatic carbocycles. The summed E-state index contributed by atoms with van der Waals surface area (Å²) in [5.41, 5.74) is 1.69. The molecule has 1 N–H and O–H groups in total. The lowest BCUT2D eigenvalue weighted by Crippen LogP contribution is -2.15. The molecule has 0 atom stereocenters. The average Bonchev–Trinajstić information content (AvgIpc) is 3.06. The van der Waals surface area contributed by atoms with Gasteiger partial charge in [0.2, 0.25) is 0 Å². The molecule has 2 nitrogen and oxygen atoms in total. The minimum atomic E-state index is 0.528. The molecule has 2 aromatic rings. The maximum atomic E-state index is 6.24. The molecular formula is C14H12Cl3NO. The molecular weight excluding hydrogens is 305 g/mol. The molecule has 1 saturated carbocycles. The van der Waals surface area contributed by atoms with E-state index in [4.69, 9.17) is 39.2 Å². The maximum Gasteiger partial charge on any atom is 0.125 e. The zero-order chi connectivity index (χ0) is 13.4. The molecule has 1 aromatic heterocycles. The predicted molar refractivity (Wildman–Crippen MR) is 79.0 cm³/mol. The van der Waals surface area contributed by atoms with Gasteiger partial charge in [-0.25, -0.2) is 0 Å². The van der Waals surface area contributed by atoms with Gasteiger partial charge in [-0.15, -0.1) is 0 Å². The van der Waals surface area contributed by atoms with Crippen molar-refractivity contribution in [2.24, 2.45) is 0 Å². The van der Waals surface area contributed by atoms with Gasteiger partial charge in [0.05, 0.1) is 22.9 Å². The van der Waals surface area contributed by atoms with Gasteiger partial charge < -0.3 is 9.73 Å². The van der Waals surface area contributed by atoms with E-state index in [1.807, 2.05) is 6.07 Å². The van der Waals surface area contributed by atoms with Crippen LogP contribution in [0.15, 0.2) is 28.9 Å². The molecule has 0 aliphatic heterocycles. The van der Waals surface area contributed by atoms with E-state index in [2.05, 4.69) is 5.32 Å². The van der Waals surface area contributed by atoms with E-state index >= 15 is 0 Å². The number of furan rings is 1. The van der Waals surface area contributed by atoms with Crippen LogP contribution in [0, 0.1) is 0 Å². The third-order valence-electron chi connectivity index (χ3n) is 3.15. The number of halogens is 3. The van der Waals surface area contributed by atoms with E-state index < -0.39 is 0 Å². The molecule has 1 heterocycles. The van der Waals surface area contributed by atoms with Crippen molar-refractivity contribution in [3.8, 4) is 11.1 Å². The standard InChI is InChI=1S/C14H12Cl3NO/c15-8-5-11(16)14(12(17)6-8)10-3-4-19-13(10)7-18-9-1-2-9/h3-6,9,18H,1-2,7H2. The molecule has 3 rings (SSSR count). The zero-order valence-corrected chi connectivity index (χ0v) is 12.3. The fourth-order valence-electron chi connectivity index (χ4n) is 2.02. The Kier molecular flexibility index (Phi) is 3.77. The Morgan fingerprint density at radius 2 is 1.84 bits per heavy atom. The Morgan fingerprint density at radius 3 is 2.47 bits per heavy atom. The minimum absolute atomic E-state index is 0.528. The summed E-state index contributed by atoms with van der Waals surface area (Å²) in [6, 6.07) is 5.88. The zero-order valence-electron chi connectivity index (χ0n) is 10.1. The lowest BCUT2D eigenvalue weighted by atomic mass is 10.1. The van der Waals surface area contributed by atoms with Gasteiger partial charge in [-0.1, -0.05) is 34.8 Å². The van der Waals surface area contributed by atoms with Crippen molar-refractivity contribution >= 4 is 34.8 Å². The number of nitrogens with one attached hydrogen (secondary N) is 1. The monoisotopic (exact) mass is 315 g/mol. The molecule has 0 spiro atoms. The van der Waals surface area contributed by atoms with Crippen LogP contribution >= 0.6 is 34.8 Å². The van der Waals surface area contributed by atoms with Gasteiger partial charge in [-0.2, -0.15) is 0 Å². The van der Waals surface area contributed by atoms with Gasteiger partial charge in [-0.3, -0.25) is 0 Å².